The summed E-state index contributed by atoms with van der Waals surface area (Å²) in [6, 6.07) is 5.79. The zero-order valence-electron chi connectivity index (χ0n) is 10.5. The van der Waals surface area contributed by atoms with E-state index in [1.54, 1.807) is 6.20 Å². The van der Waals surface area contributed by atoms with Gasteiger partial charge in [-0.3, -0.25) is 14.6 Å². The summed E-state index contributed by atoms with van der Waals surface area (Å²) in [7, 11) is 0. The Morgan fingerprint density at radius 2 is 2.33 bits per heavy atom. The van der Waals surface area contributed by atoms with Crippen molar-refractivity contribution in [2.24, 2.45) is 5.92 Å². The number of rotatable bonds is 5. The first-order valence-electron chi connectivity index (χ1n) is 5.78. The molecule has 2 aromatic heterocycles. The number of nitrogens with zero attached hydrogens (tertiary/aromatic N) is 3. The molecule has 2 rings (SSSR count). The van der Waals surface area contributed by atoms with Gasteiger partial charge in [-0.1, -0.05) is 13.0 Å². The second-order valence-corrected chi connectivity index (χ2v) is 5.54. The van der Waals surface area contributed by atoms with Crippen molar-refractivity contribution in [3.63, 3.8) is 0 Å². The second-order valence-electron chi connectivity index (χ2n) is 4.24. The van der Waals surface area contributed by atoms with Gasteiger partial charge >= 0.3 is 0 Å². The standard InChI is InChI=1S/C12H16N4S2/c1-9(8-18-2)7-16-11(14-15-12(16)17)10-5-3-4-6-13-10/h3-6,9H,7-8H2,1-2H3,(H,15,17). The minimum atomic E-state index is 0.548. The van der Waals surface area contributed by atoms with Gasteiger partial charge in [-0.25, -0.2) is 0 Å². The maximum atomic E-state index is 5.29. The first-order valence-corrected chi connectivity index (χ1v) is 7.58. The quantitative estimate of drug-likeness (QED) is 0.855. The van der Waals surface area contributed by atoms with E-state index < -0.39 is 0 Å². The average Bonchev–Trinajstić information content (AvgIpc) is 2.73. The van der Waals surface area contributed by atoms with Crippen molar-refractivity contribution in [1.29, 1.82) is 0 Å². The van der Waals surface area contributed by atoms with Gasteiger partial charge in [-0.2, -0.15) is 16.9 Å². The van der Waals surface area contributed by atoms with Gasteiger partial charge < -0.3 is 0 Å². The van der Waals surface area contributed by atoms with Gasteiger partial charge in [0.2, 0.25) is 0 Å². The largest absolute Gasteiger partial charge is 0.299 e. The molecule has 0 bridgehead atoms. The van der Waals surface area contributed by atoms with Gasteiger partial charge in [0.05, 0.1) is 0 Å². The van der Waals surface area contributed by atoms with Crippen molar-refractivity contribution in [3.05, 3.63) is 29.2 Å². The van der Waals surface area contributed by atoms with Crippen molar-refractivity contribution in [2.75, 3.05) is 12.0 Å². The van der Waals surface area contributed by atoms with Crippen LogP contribution in [0.15, 0.2) is 24.4 Å². The maximum Gasteiger partial charge on any atom is 0.195 e. The van der Waals surface area contributed by atoms with Gasteiger partial charge in [0.25, 0.3) is 0 Å². The summed E-state index contributed by atoms with van der Waals surface area (Å²) in [5, 5.41) is 7.13. The summed E-state index contributed by atoms with van der Waals surface area (Å²) in [5.41, 5.74) is 0.848. The zero-order valence-corrected chi connectivity index (χ0v) is 12.1. The van der Waals surface area contributed by atoms with E-state index in [9.17, 15) is 0 Å². The smallest absolute Gasteiger partial charge is 0.195 e. The van der Waals surface area contributed by atoms with Crippen LogP contribution in [0.25, 0.3) is 11.5 Å². The monoisotopic (exact) mass is 280 g/mol. The van der Waals surface area contributed by atoms with E-state index in [1.165, 1.54) is 0 Å². The lowest BCUT2D eigenvalue weighted by molar-refractivity contribution is 0.529. The Kier molecular flexibility index (Phi) is 4.54. The molecule has 0 aliphatic carbocycles. The fourth-order valence-corrected chi connectivity index (χ4v) is 2.71. The Labute approximate surface area is 116 Å². The Balaban J connectivity index is 2.31. The van der Waals surface area contributed by atoms with Gasteiger partial charge in [0.1, 0.15) is 5.69 Å². The Morgan fingerprint density at radius 3 is 3.00 bits per heavy atom. The topological polar surface area (TPSA) is 46.5 Å². The van der Waals surface area contributed by atoms with Crippen LogP contribution in [0, 0.1) is 10.7 Å². The zero-order chi connectivity index (χ0) is 13.0. The first-order chi connectivity index (χ1) is 8.72. The van der Waals surface area contributed by atoms with Crippen LogP contribution < -0.4 is 0 Å². The molecule has 96 valence electrons. The molecule has 0 saturated heterocycles. The number of nitrogens with one attached hydrogen (secondary N) is 1. The van der Waals surface area contributed by atoms with E-state index in [0.717, 1.165) is 23.8 Å². The van der Waals surface area contributed by atoms with Crippen molar-refractivity contribution < 1.29 is 0 Å². The van der Waals surface area contributed by atoms with Crippen LogP contribution in [0.1, 0.15) is 6.92 Å². The van der Waals surface area contributed by atoms with Crippen molar-refractivity contribution >= 4 is 24.0 Å². The van der Waals surface area contributed by atoms with Crippen molar-refractivity contribution in [2.45, 2.75) is 13.5 Å². The van der Waals surface area contributed by atoms with Crippen LogP contribution in [0.3, 0.4) is 0 Å². The molecule has 0 saturated carbocycles. The third kappa shape index (κ3) is 3.00. The van der Waals surface area contributed by atoms with E-state index in [1.807, 2.05) is 34.5 Å². The molecule has 1 N–H and O–H groups in total. The van der Waals surface area contributed by atoms with E-state index in [4.69, 9.17) is 12.2 Å². The van der Waals surface area contributed by atoms with Crippen molar-refractivity contribution in [3.8, 4) is 11.5 Å². The highest BCUT2D eigenvalue weighted by Crippen LogP contribution is 2.16. The number of aromatic nitrogens is 4. The first kappa shape index (κ1) is 13.3. The molecule has 18 heavy (non-hydrogen) atoms. The predicted molar refractivity (Wildman–Crippen MR) is 78.2 cm³/mol. The van der Waals surface area contributed by atoms with Gasteiger partial charge in [-0.05, 0) is 42.3 Å². The van der Waals surface area contributed by atoms with Crippen LogP contribution in [0.2, 0.25) is 0 Å². The number of hydrogen-bond donors (Lipinski definition) is 1. The second kappa shape index (κ2) is 6.15. The normalized spacial score (nSPS) is 12.6. The predicted octanol–water partition coefficient (Wildman–Crippen LogP) is 3.00. The summed E-state index contributed by atoms with van der Waals surface area (Å²) in [6.45, 7) is 3.08. The number of H-pyrrole nitrogens is 1. The van der Waals surface area contributed by atoms with Crippen LogP contribution in [-0.2, 0) is 6.54 Å². The third-order valence-electron chi connectivity index (χ3n) is 2.60. The van der Waals surface area contributed by atoms with E-state index in [0.29, 0.717) is 10.7 Å². The molecule has 2 aromatic rings. The summed E-state index contributed by atoms with van der Waals surface area (Å²) < 4.78 is 2.68. The summed E-state index contributed by atoms with van der Waals surface area (Å²) in [4.78, 5) is 4.32. The molecule has 0 fully saturated rings. The van der Waals surface area contributed by atoms with Crippen LogP contribution >= 0.6 is 24.0 Å². The highest BCUT2D eigenvalue weighted by molar-refractivity contribution is 7.98. The van der Waals surface area contributed by atoms with Crippen molar-refractivity contribution in [1.82, 2.24) is 19.7 Å². The molecule has 1 atom stereocenters. The molecular formula is C12H16N4S2. The lowest BCUT2D eigenvalue weighted by Crippen LogP contribution is -2.11. The molecule has 4 nitrogen and oxygen atoms in total. The van der Waals surface area contributed by atoms with E-state index in [-0.39, 0.29) is 0 Å². The SMILES string of the molecule is CSCC(C)Cn1c(-c2ccccn2)n[nH]c1=S. The molecule has 0 aliphatic heterocycles. The molecule has 0 aliphatic rings. The Morgan fingerprint density at radius 1 is 1.50 bits per heavy atom. The Bertz CT molecular complexity index is 547. The van der Waals surface area contributed by atoms with E-state index in [2.05, 4.69) is 28.4 Å². The Hall–Kier alpha value is -1.14. The van der Waals surface area contributed by atoms with Gasteiger partial charge in [0, 0.05) is 12.7 Å². The number of hydrogen-bond acceptors (Lipinski definition) is 4. The molecule has 0 spiro atoms. The minimum absolute atomic E-state index is 0.548. The molecule has 2 heterocycles. The van der Waals surface area contributed by atoms with Gasteiger partial charge in [0.15, 0.2) is 10.6 Å². The third-order valence-corrected chi connectivity index (χ3v) is 3.81. The average molecular weight is 280 g/mol. The fourth-order valence-electron chi connectivity index (χ4n) is 1.83. The molecule has 0 aromatic carbocycles. The van der Waals surface area contributed by atoms with Crippen LogP contribution in [-0.4, -0.2) is 31.8 Å². The molecule has 0 radical (unpaired) electrons. The molecule has 0 amide bonds. The molecule has 1 unspecified atom stereocenters. The summed E-state index contributed by atoms with van der Waals surface area (Å²) in [5.74, 6) is 2.47. The van der Waals surface area contributed by atoms with E-state index >= 15 is 0 Å². The highest BCUT2D eigenvalue weighted by atomic mass is 32.2. The fraction of sp³-hybridized carbons (Fsp3) is 0.417. The maximum absolute atomic E-state index is 5.29. The molecule has 6 heteroatoms. The minimum Gasteiger partial charge on any atom is -0.299 e. The van der Waals surface area contributed by atoms with Gasteiger partial charge in [-0.15, -0.1) is 0 Å². The number of aromatic amines is 1. The molecular weight excluding hydrogens is 264 g/mol. The summed E-state index contributed by atoms with van der Waals surface area (Å²) >= 11 is 7.13. The summed E-state index contributed by atoms with van der Waals surface area (Å²) in [6.07, 6.45) is 3.88. The highest BCUT2D eigenvalue weighted by Gasteiger charge is 2.12. The lowest BCUT2D eigenvalue weighted by atomic mass is 10.2. The van der Waals surface area contributed by atoms with Crippen LogP contribution in [0.4, 0.5) is 0 Å². The van der Waals surface area contributed by atoms with Crippen LogP contribution in [0.5, 0.6) is 0 Å². The number of thioether (sulfide) groups is 1. The lowest BCUT2D eigenvalue weighted by Gasteiger charge is -2.12. The number of pyridine rings is 1.